The van der Waals surface area contributed by atoms with Crippen LogP contribution in [-0.4, -0.2) is 14.2 Å². The monoisotopic (exact) mass is 285 g/mol. The van der Waals surface area contributed by atoms with Gasteiger partial charge in [0.1, 0.15) is 17.6 Å². The van der Waals surface area contributed by atoms with E-state index in [9.17, 15) is 0 Å². The first-order valence-electron chi connectivity index (χ1n) is 6.10. The van der Waals surface area contributed by atoms with E-state index in [-0.39, 0.29) is 0 Å². The van der Waals surface area contributed by atoms with Crippen molar-refractivity contribution < 1.29 is 9.47 Å². The number of nitrogens with zero attached hydrogens (tertiary/aromatic N) is 1. The normalized spacial score (nSPS) is 9.85. The molecule has 0 aliphatic heterocycles. The summed E-state index contributed by atoms with van der Waals surface area (Å²) in [5.74, 6) is 2.28. The van der Waals surface area contributed by atoms with Gasteiger partial charge < -0.3 is 9.47 Å². The average molecular weight is 285 g/mol. The molecule has 4 heteroatoms. The molecule has 0 radical (unpaired) electrons. The van der Waals surface area contributed by atoms with Gasteiger partial charge in [0.25, 0.3) is 0 Å². The van der Waals surface area contributed by atoms with E-state index in [0.717, 1.165) is 17.1 Å². The molecule has 3 nitrogen and oxygen atoms in total. The summed E-state index contributed by atoms with van der Waals surface area (Å²) in [6.45, 7) is 0. The summed E-state index contributed by atoms with van der Waals surface area (Å²) >= 11 is 1.72. The predicted molar refractivity (Wildman–Crippen MR) is 80.3 cm³/mol. The number of ether oxygens (including phenoxy) is 2. The number of nitriles is 1. The fraction of sp³-hybridized carbons (Fsp3) is 0.188. The van der Waals surface area contributed by atoms with Gasteiger partial charge in [-0.15, -0.1) is 11.8 Å². The number of methoxy groups -OCH3 is 2. The summed E-state index contributed by atoms with van der Waals surface area (Å²) in [6, 6.07) is 15.8. The van der Waals surface area contributed by atoms with Crippen LogP contribution in [0.25, 0.3) is 0 Å². The first-order chi connectivity index (χ1) is 9.76. The van der Waals surface area contributed by atoms with E-state index in [1.54, 1.807) is 26.0 Å². The molecule has 102 valence electrons. The summed E-state index contributed by atoms with van der Waals surface area (Å²) in [4.78, 5) is 1.17. The highest BCUT2D eigenvalue weighted by atomic mass is 32.2. The highest BCUT2D eigenvalue weighted by molar-refractivity contribution is 7.98. The Morgan fingerprint density at radius 1 is 1.05 bits per heavy atom. The molecule has 0 unspecified atom stereocenters. The number of hydrogen-bond donors (Lipinski definition) is 0. The van der Waals surface area contributed by atoms with Gasteiger partial charge in [0.15, 0.2) is 0 Å². The Morgan fingerprint density at radius 3 is 2.40 bits per heavy atom. The molecule has 0 heterocycles. The van der Waals surface area contributed by atoms with Gasteiger partial charge in [-0.2, -0.15) is 5.26 Å². The molecule has 0 atom stereocenters. The van der Waals surface area contributed by atoms with E-state index in [4.69, 9.17) is 14.7 Å². The second-order valence-electron chi connectivity index (χ2n) is 4.11. The van der Waals surface area contributed by atoms with Crippen LogP contribution in [0.2, 0.25) is 0 Å². The zero-order chi connectivity index (χ0) is 14.4. The fourth-order valence-electron chi connectivity index (χ4n) is 1.77. The molecule has 0 spiro atoms. The highest BCUT2D eigenvalue weighted by Gasteiger charge is 2.04. The molecule has 0 aliphatic rings. The van der Waals surface area contributed by atoms with Gasteiger partial charge in [0, 0.05) is 10.6 Å². The summed E-state index contributed by atoms with van der Waals surface area (Å²) in [7, 11) is 3.23. The lowest BCUT2D eigenvalue weighted by atomic mass is 10.1. The van der Waals surface area contributed by atoms with Crippen molar-refractivity contribution in [3.63, 3.8) is 0 Å². The number of benzene rings is 2. The Bertz CT molecular complexity index is 617. The van der Waals surface area contributed by atoms with Crippen molar-refractivity contribution in [2.45, 2.75) is 10.6 Å². The predicted octanol–water partition coefficient (Wildman–Crippen LogP) is 3.87. The van der Waals surface area contributed by atoms with Crippen LogP contribution in [0.1, 0.15) is 11.1 Å². The maximum Gasteiger partial charge on any atom is 0.136 e. The van der Waals surface area contributed by atoms with Crippen molar-refractivity contribution in [1.29, 1.82) is 5.26 Å². The maximum atomic E-state index is 9.07. The first-order valence-corrected chi connectivity index (χ1v) is 7.09. The smallest absolute Gasteiger partial charge is 0.136 e. The first kappa shape index (κ1) is 14.3. The third kappa shape index (κ3) is 3.46. The molecular weight excluding hydrogens is 270 g/mol. The van der Waals surface area contributed by atoms with Crippen molar-refractivity contribution in [3.05, 3.63) is 53.6 Å². The Labute approximate surface area is 123 Å². The fourth-order valence-corrected chi connectivity index (χ4v) is 2.61. The summed E-state index contributed by atoms with van der Waals surface area (Å²) < 4.78 is 10.3. The van der Waals surface area contributed by atoms with Crippen molar-refractivity contribution in [3.8, 4) is 17.6 Å². The van der Waals surface area contributed by atoms with E-state index >= 15 is 0 Å². The van der Waals surface area contributed by atoms with Crippen LogP contribution in [0.4, 0.5) is 0 Å². The number of rotatable bonds is 5. The highest BCUT2D eigenvalue weighted by Crippen LogP contribution is 2.27. The summed E-state index contributed by atoms with van der Waals surface area (Å²) in [6.07, 6.45) is 0. The number of thioether (sulfide) groups is 1. The van der Waals surface area contributed by atoms with E-state index in [2.05, 4.69) is 6.07 Å². The minimum Gasteiger partial charge on any atom is -0.497 e. The minimum atomic E-state index is 0.570. The van der Waals surface area contributed by atoms with Crippen molar-refractivity contribution >= 4 is 11.8 Å². The van der Waals surface area contributed by atoms with Crippen molar-refractivity contribution in [2.75, 3.05) is 14.2 Å². The molecule has 2 rings (SSSR count). The van der Waals surface area contributed by atoms with E-state index in [1.807, 2.05) is 42.5 Å². The van der Waals surface area contributed by atoms with Gasteiger partial charge in [0.2, 0.25) is 0 Å². The summed E-state index contributed by atoms with van der Waals surface area (Å²) in [5, 5.41) is 9.07. The Balaban J connectivity index is 2.05. The third-order valence-electron chi connectivity index (χ3n) is 2.85. The van der Waals surface area contributed by atoms with Gasteiger partial charge in [-0.05, 0) is 42.0 Å². The Morgan fingerprint density at radius 2 is 1.80 bits per heavy atom. The standard InChI is InChI=1S/C16H15NO2S/c1-18-14-4-6-15(7-5-14)20-11-12-3-8-16(19-2)13(9-12)10-17/h3-9H,11H2,1-2H3. The summed E-state index contributed by atoms with van der Waals surface area (Å²) in [5.41, 5.74) is 1.67. The van der Waals surface area contributed by atoms with Crippen LogP contribution in [0, 0.1) is 11.3 Å². The zero-order valence-electron chi connectivity index (χ0n) is 11.4. The molecule has 20 heavy (non-hydrogen) atoms. The van der Waals surface area contributed by atoms with Crippen LogP contribution in [-0.2, 0) is 5.75 Å². The number of hydrogen-bond acceptors (Lipinski definition) is 4. The van der Waals surface area contributed by atoms with E-state index in [1.165, 1.54) is 4.90 Å². The molecule has 0 fully saturated rings. The minimum absolute atomic E-state index is 0.570. The quantitative estimate of drug-likeness (QED) is 0.782. The third-order valence-corrected chi connectivity index (χ3v) is 3.93. The second kappa shape index (κ2) is 6.88. The van der Waals surface area contributed by atoms with Crippen LogP contribution in [0.5, 0.6) is 11.5 Å². The van der Waals surface area contributed by atoms with Gasteiger partial charge in [0.05, 0.1) is 19.8 Å². The van der Waals surface area contributed by atoms with E-state index < -0.39 is 0 Å². The Kier molecular flexibility index (Phi) is 4.91. The van der Waals surface area contributed by atoms with E-state index in [0.29, 0.717) is 11.3 Å². The van der Waals surface area contributed by atoms with Crippen LogP contribution < -0.4 is 9.47 Å². The lowest BCUT2D eigenvalue weighted by molar-refractivity contribution is 0.413. The largest absolute Gasteiger partial charge is 0.497 e. The molecular formula is C16H15NO2S. The van der Waals surface area contributed by atoms with Crippen molar-refractivity contribution in [2.24, 2.45) is 0 Å². The zero-order valence-corrected chi connectivity index (χ0v) is 12.2. The molecule has 0 aliphatic carbocycles. The molecule has 0 N–H and O–H groups in total. The maximum absolute atomic E-state index is 9.07. The topological polar surface area (TPSA) is 42.2 Å². The van der Waals surface area contributed by atoms with Gasteiger partial charge in [-0.1, -0.05) is 6.07 Å². The van der Waals surface area contributed by atoms with Crippen LogP contribution in [0.3, 0.4) is 0 Å². The lowest BCUT2D eigenvalue weighted by Gasteiger charge is -2.06. The molecule has 0 bridgehead atoms. The molecule has 0 saturated carbocycles. The molecule has 0 amide bonds. The van der Waals surface area contributed by atoms with Crippen LogP contribution in [0.15, 0.2) is 47.4 Å². The molecule has 0 aromatic heterocycles. The second-order valence-corrected chi connectivity index (χ2v) is 5.16. The lowest BCUT2D eigenvalue weighted by Crippen LogP contribution is -1.90. The van der Waals surface area contributed by atoms with Crippen LogP contribution >= 0.6 is 11.8 Å². The van der Waals surface area contributed by atoms with Crippen molar-refractivity contribution in [1.82, 2.24) is 0 Å². The molecule has 2 aromatic rings. The Hall–Kier alpha value is -2.12. The van der Waals surface area contributed by atoms with Gasteiger partial charge >= 0.3 is 0 Å². The SMILES string of the molecule is COc1ccc(SCc2ccc(OC)c(C#N)c2)cc1. The molecule has 2 aromatic carbocycles. The van der Waals surface area contributed by atoms with Gasteiger partial charge in [-0.3, -0.25) is 0 Å². The average Bonchev–Trinajstić information content (AvgIpc) is 2.53. The van der Waals surface area contributed by atoms with Gasteiger partial charge in [-0.25, -0.2) is 0 Å². The molecule has 0 saturated heterocycles.